The molecule has 0 atom stereocenters. The molecule has 10 heteroatoms. The van der Waals surface area contributed by atoms with Crippen LogP contribution in [-0.2, 0) is 19.6 Å². The van der Waals surface area contributed by atoms with Crippen molar-refractivity contribution in [1.29, 1.82) is 0 Å². The molecule has 0 radical (unpaired) electrons. The molecule has 0 unspecified atom stereocenters. The SMILES string of the molecule is CC(C)C(=O)N1CCN(C(=O)c2cc(S(=O)(=O)N3CCCCC3)ccc2N2CCOCC2)CC1. The topological polar surface area (TPSA) is 90.5 Å². The van der Waals surface area contributed by atoms with Crippen LogP contribution in [0.5, 0.6) is 0 Å². The smallest absolute Gasteiger partial charge is 0.256 e. The maximum atomic E-state index is 13.7. The summed E-state index contributed by atoms with van der Waals surface area (Å²) >= 11 is 0. The molecule has 9 nitrogen and oxygen atoms in total. The minimum atomic E-state index is -3.66. The lowest BCUT2D eigenvalue weighted by atomic mass is 10.1. The summed E-state index contributed by atoms with van der Waals surface area (Å²) in [5, 5.41) is 0. The summed E-state index contributed by atoms with van der Waals surface area (Å²) in [5.41, 5.74) is 1.15. The predicted molar refractivity (Wildman–Crippen MR) is 129 cm³/mol. The third kappa shape index (κ3) is 5.23. The van der Waals surface area contributed by atoms with Gasteiger partial charge in [0.15, 0.2) is 0 Å². The van der Waals surface area contributed by atoms with Crippen molar-refractivity contribution in [2.75, 3.05) is 70.5 Å². The number of rotatable bonds is 5. The average molecular weight is 493 g/mol. The number of piperidine rings is 1. The summed E-state index contributed by atoms with van der Waals surface area (Å²) in [6.45, 7) is 9.06. The summed E-state index contributed by atoms with van der Waals surface area (Å²) in [5.74, 6) is -0.170. The van der Waals surface area contributed by atoms with Crippen LogP contribution in [0, 0.1) is 5.92 Å². The molecule has 4 rings (SSSR count). The van der Waals surface area contributed by atoms with Gasteiger partial charge in [0.1, 0.15) is 0 Å². The lowest BCUT2D eigenvalue weighted by molar-refractivity contribution is -0.135. The van der Waals surface area contributed by atoms with E-state index in [9.17, 15) is 18.0 Å². The highest BCUT2D eigenvalue weighted by Gasteiger charge is 2.31. The molecule has 0 N–H and O–H groups in total. The Balaban J connectivity index is 1.61. The largest absolute Gasteiger partial charge is 0.378 e. The number of hydrogen-bond acceptors (Lipinski definition) is 6. The van der Waals surface area contributed by atoms with E-state index in [2.05, 4.69) is 4.90 Å². The summed E-state index contributed by atoms with van der Waals surface area (Å²) in [7, 11) is -3.66. The number of carbonyl (C=O) groups is 2. The van der Waals surface area contributed by atoms with Gasteiger partial charge < -0.3 is 19.4 Å². The lowest BCUT2D eigenvalue weighted by Crippen LogP contribution is -2.51. The normalized spacial score (nSPS) is 20.6. The average Bonchev–Trinajstić information content (AvgIpc) is 2.88. The quantitative estimate of drug-likeness (QED) is 0.621. The molecule has 3 saturated heterocycles. The van der Waals surface area contributed by atoms with E-state index < -0.39 is 10.0 Å². The van der Waals surface area contributed by atoms with Crippen molar-refractivity contribution in [2.45, 2.75) is 38.0 Å². The van der Waals surface area contributed by atoms with Crippen molar-refractivity contribution >= 4 is 27.5 Å². The van der Waals surface area contributed by atoms with Crippen molar-refractivity contribution in [3.8, 4) is 0 Å². The second-order valence-electron chi connectivity index (χ2n) is 9.52. The highest BCUT2D eigenvalue weighted by molar-refractivity contribution is 7.89. The van der Waals surface area contributed by atoms with Gasteiger partial charge in [0.25, 0.3) is 5.91 Å². The number of carbonyl (C=O) groups excluding carboxylic acids is 2. The van der Waals surface area contributed by atoms with Gasteiger partial charge >= 0.3 is 0 Å². The molecule has 3 aliphatic rings. The van der Waals surface area contributed by atoms with Gasteiger partial charge in [-0.2, -0.15) is 4.31 Å². The maximum absolute atomic E-state index is 13.7. The summed E-state index contributed by atoms with van der Waals surface area (Å²) < 4.78 is 33.7. The highest BCUT2D eigenvalue weighted by atomic mass is 32.2. The minimum absolute atomic E-state index is 0.0770. The molecule has 3 fully saturated rings. The van der Waals surface area contributed by atoms with Gasteiger partial charge in [-0.25, -0.2) is 8.42 Å². The molecule has 3 heterocycles. The number of hydrogen-bond donors (Lipinski definition) is 0. The first-order chi connectivity index (χ1) is 16.3. The van der Waals surface area contributed by atoms with Crippen LogP contribution < -0.4 is 4.90 Å². The Kier molecular flexibility index (Phi) is 7.79. The Labute approximate surface area is 202 Å². The molecular formula is C24H36N4O5S. The molecule has 0 aliphatic carbocycles. The Hall–Kier alpha value is -2.17. The van der Waals surface area contributed by atoms with E-state index >= 15 is 0 Å². The van der Waals surface area contributed by atoms with Crippen LogP contribution >= 0.6 is 0 Å². The van der Waals surface area contributed by atoms with Crippen molar-refractivity contribution in [1.82, 2.24) is 14.1 Å². The molecule has 188 valence electrons. The van der Waals surface area contributed by atoms with Gasteiger partial charge in [-0.05, 0) is 31.0 Å². The first-order valence-electron chi connectivity index (χ1n) is 12.3. The summed E-state index contributed by atoms with van der Waals surface area (Å²) in [6, 6.07) is 4.96. The Morgan fingerprint density at radius 1 is 0.853 bits per heavy atom. The Bertz CT molecular complexity index is 993. The maximum Gasteiger partial charge on any atom is 0.256 e. The van der Waals surface area contributed by atoms with E-state index in [1.54, 1.807) is 28.0 Å². The molecular weight excluding hydrogens is 456 g/mol. The number of ether oxygens (including phenoxy) is 1. The van der Waals surface area contributed by atoms with Gasteiger partial charge in [0, 0.05) is 64.0 Å². The highest BCUT2D eigenvalue weighted by Crippen LogP contribution is 2.29. The molecule has 1 aromatic rings. The third-order valence-corrected chi connectivity index (χ3v) is 8.77. The van der Waals surface area contributed by atoms with E-state index in [1.165, 1.54) is 4.31 Å². The molecule has 0 aromatic heterocycles. The van der Waals surface area contributed by atoms with Gasteiger partial charge in [0.05, 0.1) is 23.7 Å². The van der Waals surface area contributed by atoms with Crippen LogP contribution in [0.2, 0.25) is 0 Å². The molecule has 3 aliphatic heterocycles. The fourth-order valence-corrected chi connectivity index (χ4v) is 6.39. The number of morpholine rings is 1. The molecule has 2 amide bonds. The minimum Gasteiger partial charge on any atom is -0.378 e. The molecule has 0 saturated carbocycles. The second kappa shape index (κ2) is 10.6. The van der Waals surface area contributed by atoms with Crippen molar-refractivity contribution in [3.05, 3.63) is 23.8 Å². The van der Waals surface area contributed by atoms with Crippen molar-refractivity contribution < 1.29 is 22.7 Å². The van der Waals surface area contributed by atoms with Gasteiger partial charge in [-0.1, -0.05) is 20.3 Å². The number of benzene rings is 1. The molecule has 34 heavy (non-hydrogen) atoms. The monoisotopic (exact) mass is 492 g/mol. The van der Waals surface area contributed by atoms with E-state index in [0.717, 1.165) is 24.9 Å². The third-order valence-electron chi connectivity index (χ3n) is 6.88. The Morgan fingerprint density at radius 2 is 1.47 bits per heavy atom. The Morgan fingerprint density at radius 3 is 2.09 bits per heavy atom. The van der Waals surface area contributed by atoms with Crippen LogP contribution in [-0.4, -0.2) is 99.9 Å². The number of nitrogens with zero attached hydrogens (tertiary/aromatic N) is 4. The molecule has 0 spiro atoms. The first kappa shape index (κ1) is 24.9. The van der Waals surface area contributed by atoms with Crippen LogP contribution in [0.4, 0.5) is 5.69 Å². The lowest BCUT2D eigenvalue weighted by Gasteiger charge is -2.37. The molecule has 0 bridgehead atoms. The zero-order valence-electron chi connectivity index (χ0n) is 20.2. The fraction of sp³-hybridized carbons (Fsp3) is 0.667. The predicted octanol–water partition coefficient (Wildman–Crippen LogP) is 1.64. The fourth-order valence-electron chi connectivity index (χ4n) is 4.85. The first-order valence-corrected chi connectivity index (χ1v) is 13.8. The standard InChI is InChI=1S/C24H36N4O5S/c1-19(2)23(29)26-10-12-27(13-11-26)24(30)21-18-20(34(31,32)28-8-4-3-5-9-28)6-7-22(21)25-14-16-33-17-15-25/h6-7,18-19H,3-5,8-17H2,1-2H3. The number of amides is 2. The molecule has 1 aromatic carbocycles. The van der Waals surface area contributed by atoms with Crippen molar-refractivity contribution in [2.24, 2.45) is 5.92 Å². The number of piperazine rings is 1. The van der Waals surface area contributed by atoms with E-state index in [1.807, 2.05) is 13.8 Å². The van der Waals surface area contributed by atoms with Gasteiger partial charge in [-0.15, -0.1) is 0 Å². The second-order valence-corrected chi connectivity index (χ2v) is 11.5. The van der Waals surface area contributed by atoms with E-state index in [4.69, 9.17) is 4.74 Å². The van der Waals surface area contributed by atoms with Crippen LogP contribution in [0.15, 0.2) is 23.1 Å². The van der Waals surface area contributed by atoms with Crippen LogP contribution in [0.1, 0.15) is 43.5 Å². The van der Waals surface area contributed by atoms with E-state index in [0.29, 0.717) is 71.1 Å². The van der Waals surface area contributed by atoms with Crippen LogP contribution in [0.25, 0.3) is 0 Å². The number of anilines is 1. The zero-order chi connectivity index (χ0) is 24.3. The zero-order valence-corrected chi connectivity index (χ0v) is 21.1. The van der Waals surface area contributed by atoms with Crippen molar-refractivity contribution in [3.63, 3.8) is 0 Å². The van der Waals surface area contributed by atoms with E-state index in [-0.39, 0.29) is 22.6 Å². The number of sulfonamides is 1. The van der Waals surface area contributed by atoms with Gasteiger partial charge in [-0.3, -0.25) is 9.59 Å². The summed E-state index contributed by atoms with van der Waals surface area (Å²) in [6.07, 6.45) is 2.75. The summed E-state index contributed by atoms with van der Waals surface area (Å²) in [4.78, 5) is 31.8. The van der Waals surface area contributed by atoms with Gasteiger partial charge in [0.2, 0.25) is 15.9 Å². The van der Waals surface area contributed by atoms with Crippen LogP contribution in [0.3, 0.4) is 0 Å².